The molecule has 0 spiro atoms. The Balaban J connectivity index is 2.02. The van der Waals surface area contributed by atoms with Crippen molar-refractivity contribution in [2.45, 2.75) is 38.9 Å². The molecule has 3 heterocycles. The lowest BCUT2D eigenvalue weighted by Crippen LogP contribution is -2.07. The van der Waals surface area contributed by atoms with E-state index in [0.717, 1.165) is 46.7 Å². The molecule has 1 aromatic heterocycles. The maximum atomic E-state index is 6.54. The SMILES string of the molecule is CC1Cc2c(c(Cl)c3c(c2-c2cc(N)n[nH]2)OC(C)C3)O1. The lowest BCUT2D eigenvalue weighted by atomic mass is 9.96. The first-order valence-electron chi connectivity index (χ1n) is 7.06. The molecule has 3 N–H and O–H groups in total. The third-order valence-corrected chi connectivity index (χ3v) is 4.43. The van der Waals surface area contributed by atoms with E-state index >= 15 is 0 Å². The molecule has 2 unspecified atom stereocenters. The van der Waals surface area contributed by atoms with Crippen LogP contribution in [0.2, 0.25) is 5.02 Å². The molecule has 2 aliphatic heterocycles. The monoisotopic (exact) mass is 305 g/mol. The number of hydrogen-bond acceptors (Lipinski definition) is 4. The van der Waals surface area contributed by atoms with Gasteiger partial charge in [-0.3, -0.25) is 5.10 Å². The maximum Gasteiger partial charge on any atom is 0.145 e. The van der Waals surface area contributed by atoms with Gasteiger partial charge in [0.25, 0.3) is 0 Å². The molecule has 0 bridgehead atoms. The van der Waals surface area contributed by atoms with Gasteiger partial charge in [-0.1, -0.05) is 11.6 Å². The number of anilines is 1. The molecule has 6 heteroatoms. The summed E-state index contributed by atoms with van der Waals surface area (Å²) < 4.78 is 11.9. The van der Waals surface area contributed by atoms with E-state index in [1.807, 2.05) is 19.9 Å². The summed E-state index contributed by atoms with van der Waals surface area (Å²) in [6.45, 7) is 4.08. The Bertz CT molecular complexity index is 702. The summed E-state index contributed by atoms with van der Waals surface area (Å²) in [5.41, 5.74) is 9.68. The summed E-state index contributed by atoms with van der Waals surface area (Å²) in [5.74, 6) is 2.08. The van der Waals surface area contributed by atoms with Crippen LogP contribution in [0.1, 0.15) is 25.0 Å². The number of aromatic amines is 1. The molecule has 5 nitrogen and oxygen atoms in total. The van der Waals surface area contributed by atoms with Gasteiger partial charge < -0.3 is 15.2 Å². The molecule has 0 amide bonds. The summed E-state index contributed by atoms with van der Waals surface area (Å²) in [4.78, 5) is 0. The highest BCUT2D eigenvalue weighted by molar-refractivity contribution is 6.33. The standard InChI is InChI=1S/C15H16ClN3O2/c1-6-3-8-12(10-5-11(17)19-18-10)14-9(4-7(2)20-14)13(16)15(8)21-6/h5-7H,3-4H2,1-2H3,(H3,17,18,19). The van der Waals surface area contributed by atoms with Crippen molar-refractivity contribution in [1.29, 1.82) is 0 Å². The Labute approximate surface area is 127 Å². The van der Waals surface area contributed by atoms with Crippen LogP contribution in [-0.4, -0.2) is 22.4 Å². The number of aromatic nitrogens is 2. The molecule has 0 saturated carbocycles. The fourth-order valence-electron chi connectivity index (χ4n) is 3.21. The van der Waals surface area contributed by atoms with Gasteiger partial charge in [0.15, 0.2) is 0 Å². The van der Waals surface area contributed by atoms with E-state index in [2.05, 4.69) is 10.2 Å². The molecule has 4 rings (SSSR count). The number of H-pyrrole nitrogens is 1. The van der Waals surface area contributed by atoms with Crippen LogP contribution >= 0.6 is 11.6 Å². The molecule has 110 valence electrons. The molecule has 2 atom stereocenters. The Hall–Kier alpha value is -1.88. The number of nitrogen functional groups attached to an aromatic ring is 1. The van der Waals surface area contributed by atoms with Crippen LogP contribution in [0.4, 0.5) is 5.82 Å². The predicted molar refractivity (Wildman–Crippen MR) is 81.0 cm³/mol. The molecule has 0 aliphatic carbocycles. The molecule has 0 radical (unpaired) electrons. The number of benzene rings is 1. The van der Waals surface area contributed by atoms with Crippen molar-refractivity contribution in [2.75, 3.05) is 5.73 Å². The highest BCUT2D eigenvalue weighted by atomic mass is 35.5. The predicted octanol–water partition coefficient (Wildman–Crippen LogP) is 2.96. The highest BCUT2D eigenvalue weighted by Gasteiger charge is 2.36. The fourth-order valence-corrected chi connectivity index (χ4v) is 3.53. The van der Waals surface area contributed by atoms with Gasteiger partial charge in [0.1, 0.15) is 29.5 Å². The lowest BCUT2D eigenvalue weighted by Gasteiger charge is -2.13. The van der Waals surface area contributed by atoms with E-state index in [1.165, 1.54) is 0 Å². The third-order valence-electron chi connectivity index (χ3n) is 4.03. The van der Waals surface area contributed by atoms with Crippen molar-refractivity contribution >= 4 is 17.4 Å². The third kappa shape index (κ3) is 1.80. The first-order chi connectivity index (χ1) is 10.0. The van der Waals surface area contributed by atoms with E-state index in [9.17, 15) is 0 Å². The first-order valence-corrected chi connectivity index (χ1v) is 7.44. The lowest BCUT2D eigenvalue weighted by molar-refractivity contribution is 0.254. The first kappa shape index (κ1) is 12.8. The fraction of sp³-hybridized carbons (Fsp3) is 0.400. The zero-order valence-corrected chi connectivity index (χ0v) is 12.6. The minimum atomic E-state index is 0.108. The van der Waals surface area contributed by atoms with E-state index < -0.39 is 0 Å². The summed E-state index contributed by atoms with van der Waals surface area (Å²) in [6.07, 6.45) is 1.80. The quantitative estimate of drug-likeness (QED) is 0.849. The highest BCUT2D eigenvalue weighted by Crippen LogP contribution is 2.52. The zero-order chi connectivity index (χ0) is 14.7. The van der Waals surface area contributed by atoms with E-state index in [1.54, 1.807) is 0 Å². The number of nitrogens with two attached hydrogens (primary N) is 1. The largest absolute Gasteiger partial charge is 0.489 e. The van der Waals surface area contributed by atoms with Crippen molar-refractivity contribution in [2.24, 2.45) is 0 Å². The molecule has 21 heavy (non-hydrogen) atoms. The van der Waals surface area contributed by atoms with Gasteiger partial charge in [-0.05, 0) is 13.8 Å². The normalized spacial score (nSPS) is 22.6. The van der Waals surface area contributed by atoms with Gasteiger partial charge in [-0.2, -0.15) is 5.10 Å². The van der Waals surface area contributed by atoms with Gasteiger partial charge >= 0.3 is 0 Å². The van der Waals surface area contributed by atoms with Gasteiger partial charge in [0.05, 0.1) is 10.7 Å². The minimum Gasteiger partial charge on any atom is -0.489 e. The van der Waals surface area contributed by atoms with E-state index in [0.29, 0.717) is 10.8 Å². The topological polar surface area (TPSA) is 73.2 Å². The average molecular weight is 306 g/mol. The van der Waals surface area contributed by atoms with Crippen LogP contribution < -0.4 is 15.2 Å². The number of ether oxygens (including phenoxy) is 2. The molecule has 1 aromatic carbocycles. The summed E-state index contributed by atoms with van der Waals surface area (Å²) in [6, 6.07) is 1.82. The van der Waals surface area contributed by atoms with Crippen LogP contribution in [0.15, 0.2) is 6.07 Å². The Morgan fingerprint density at radius 3 is 2.52 bits per heavy atom. The number of nitrogens with one attached hydrogen (secondary N) is 1. The average Bonchev–Trinajstić information content (AvgIpc) is 3.09. The van der Waals surface area contributed by atoms with Crippen molar-refractivity contribution in [1.82, 2.24) is 10.2 Å². The summed E-state index contributed by atoms with van der Waals surface area (Å²) in [5, 5.41) is 7.69. The molecule has 2 aliphatic rings. The minimum absolute atomic E-state index is 0.108. The Kier molecular flexibility index (Phi) is 2.63. The van der Waals surface area contributed by atoms with Crippen molar-refractivity contribution in [3.8, 4) is 22.8 Å². The second kappa shape index (κ2) is 4.31. The van der Waals surface area contributed by atoms with Gasteiger partial charge in [-0.15, -0.1) is 0 Å². The number of fused-ring (bicyclic) bond motifs is 2. The Morgan fingerprint density at radius 1 is 1.19 bits per heavy atom. The maximum absolute atomic E-state index is 6.54. The number of nitrogens with zero attached hydrogens (tertiary/aromatic N) is 1. The number of halogens is 1. The number of rotatable bonds is 1. The zero-order valence-electron chi connectivity index (χ0n) is 11.9. The molecular formula is C15H16ClN3O2. The van der Waals surface area contributed by atoms with Crippen LogP contribution in [0.5, 0.6) is 11.5 Å². The summed E-state index contributed by atoms with van der Waals surface area (Å²) >= 11 is 6.54. The Morgan fingerprint density at radius 2 is 1.86 bits per heavy atom. The molecular weight excluding hydrogens is 290 g/mol. The van der Waals surface area contributed by atoms with Gasteiger partial charge in [0, 0.05) is 35.6 Å². The smallest absolute Gasteiger partial charge is 0.145 e. The molecule has 2 aromatic rings. The molecule has 0 fully saturated rings. The van der Waals surface area contributed by atoms with Gasteiger partial charge in [0.2, 0.25) is 0 Å². The van der Waals surface area contributed by atoms with Crippen LogP contribution in [0.25, 0.3) is 11.3 Å². The van der Waals surface area contributed by atoms with Crippen LogP contribution in [-0.2, 0) is 12.8 Å². The van der Waals surface area contributed by atoms with Crippen molar-refractivity contribution in [3.05, 3.63) is 22.2 Å². The summed E-state index contributed by atoms with van der Waals surface area (Å²) in [7, 11) is 0. The number of hydrogen-bond donors (Lipinski definition) is 2. The van der Waals surface area contributed by atoms with E-state index in [4.69, 9.17) is 26.8 Å². The molecule has 0 saturated heterocycles. The second-order valence-electron chi connectivity index (χ2n) is 5.78. The van der Waals surface area contributed by atoms with Crippen LogP contribution in [0.3, 0.4) is 0 Å². The second-order valence-corrected chi connectivity index (χ2v) is 6.15. The van der Waals surface area contributed by atoms with E-state index in [-0.39, 0.29) is 12.2 Å². The van der Waals surface area contributed by atoms with Crippen molar-refractivity contribution in [3.63, 3.8) is 0 Å². The van der Waals surface area contributed by atoms with Crippen LogP contribution in [0, 0.1) is 0 Å². The van der Waals surface area contributed by atoms with Crippen molar-refractivity contribution < 1.29 is 9.47 Å². The van der Waals surface area contributed by atoms with Gasteiger partial charge in [-0.25, -0.2) is 0 Å².